The summed E-state index contributed by atoms with van der Waals surface area (Å²) < 4.78 is 5.53. The fraction of sp³-hybridized carbons (Fsp3) is 0.667. The van der Waals surface area contributed by atoms with Gasteiger partial charge in [-0.2, -0.15) is 0 Å². The highest BCUT2D eigenvalue weighted by Gasteiger charge is 2.08. The molecule has 0 amide bonds. The molecular weight excluding hydrogens is 276 g/mol. The van der Waals surface area contributed by atoms with Crippen LogP contribution in [0.3, 0.4) is 0 Å². The number of methoxy groups -OCH3 is 1. The van der Waals surface area contributed by atoms with Gasteiger partial charge in [0.25, 0.3) is 0 Å². The Bertz CT molecular complexity index is 422. The zero-order chi connectivity index (χ0) is 16.4. The Labute approximate surface area is 135 Å². The molecule has 0 atom stereocenters. The minimum atomic E-state index is 0.197. The average molecular weight is 308 g/mol. The molecule has 0 radical (unpaired) electrons. The van der Waals surface area contributed by atoms with E-state index in [2.05, 4.69) is 49.2 Å². The van der Waals surface area contributed by atoms with Gasteiger partial charge in [0.1, 0.15) is 5.75 Å². The largest absolute Gasteiger partial charge is 0.496 e. The topological polar surface area (TPSA) is 44.7 Å². The van der Waals surface area contributed by atoms with Crippen LogP contribution in [0, 0.1) is 5.92 Å². The monoisotopic (exact) mass is 308 g/mol. The number of ether oxygens (including phenoxy) is 1. The lowest BCUT2D eigenvalue weighted by Crippen LogP contribution is -2.26. The van der Waals surface area contributed by atoms with E-state index in [1.807, 2.05) is 0 Å². The van der Waals surface area contributed by atoms with Crippen molar-refractivity contribution in [1.82, 2.24) is 10.2 Å². The van der Waals surface area contributed by atoms with Gasteiger partial charge in [-0.1, -0.05) is 32.9 Å². The van der Waals surface area contributed by atoms with Crippen molar-refractivity contribution in [3.63, 3.8) is 0 Å². The highest BCUT2D eigenvalue weighted by atomic mass is 16.5. The Morgan fingerprint density at radius 3 is 2.68 bits per heavy atom. The Balaban J connectivity index is 2.61. The molecule has 4 heteroatoms. The molecule has 22 heavy (non-hydrogen) atoms. The highest BCUT2D eigenvalue weighted by molar-refractivity contribution is 5.37. The molecule has 0 fully saturated rings. The molecule has 1 rings (SSSR count). The van der Waals surface area contributed by atoms with Crippen LogP contribution in [0.5, 0.6) is 5.75 Å². The fourth-order valence-electron chi connectivity index (χ4n) is 2.40. The molecule has 0 heterocycles. The molecule has 0 aliphatic heterocycles. The molecule has 0 aliphatic carbocycles. The molecule has 1 aromatic rings. The van der Waals surface area contributed by atoms with Gasteiger partial charge in [0.05, 0.1) is 13.7 Å². The van der Waals surface area contributed by atoms with E-state index < -0.39 is 0 Å². The highest BCUT2D eigenvalue weighted by Crippen LogP contribution is 2.21. The second kappa shape index (κ2) is 10.6. The molecular formula is C18H32N2O2. The van der Waals surface area contributed by atoms with E-state index in [4.69, 9.17) is 9.84 Å². The van der Waals surface area contributed by atoms with Crippen LogP contribution in [-0.4, -0.2) is 43.4 Å². The second-order valence-electron chi connectivity index (χ2n) is 6.10. The van der Waals surface area contributed by atoms with Crippen LogP contribution < -0.4 is 10.1 Å². The summed E-state index contributed by atoms with van der Waals surface area (Å²) in [6, 6.07) is 6.41. The molecule has 4 nitrogen and oxygen atoms in total. The van der Waals surface area contributed by atoms with Gasteiger partial charge in [-0.15, -0.1) is 0 Å². The number of likely N-dealkylation sites (N-methyl/N-ethyl adjacent to an activating group) is 1. The third kappa shape index (κ3) is 6.77. The van der Waals surface area contributed by atoms with Crippen LogP contribution in [0.4, 0.5) is 0 Å². The van der Waals surface area contributed by atoms with E-state index in [9.17, 15) is 0 Å². The molecule has 1 aromatic carbocycles. The van der Waals surface area contributed by atoms with Crippen LogP contribution in [-0.2, 0) is 13.1 Å². The summed E-state index contributed by atoms with van der Waals surface area (Å²) in [5, 5.41) is 12.6. The SMILES string of the molecule is CCN(CCO)Cc1ccc(CNCCC(C)C)c(OC)c1. The smallest absolute Gasteiger partial charge is 0.123 e. The summed E-state index contributed by atoms with van der Waals surface area (Å²) in [6.45, 7) is 11.1. The van der Waals surface area contributed by atoms with E-state index >= 15 is 0 Å². The normalized spacial score (nSPS) is 11.4. The first kappa shape index (κ1) is 18.9. The van der Waals surface area contributed by atoms with Gasteiger partial charge in [-0.25, -0.2) is 0 Å². The summed E-state index contributed by atoms with van der Waals surface area (Å²) in [4.78, 5) is 2.22. The summed E-state index contributed by atoms with van der Waals surface area (Å²) in [5.74, 6) is 1.66. The molecule has 0 saturated carbocycles. The lowest BCUT2D eigenvalue weighted by atomic mass is 10.1. The maximum absolute atomic E-state index is 9.08. The quantitative estimate of drug-likeness (QED) is 0.617. The third-order valence-electron chi connectivity index (χ3n) is 3.84. The first-order valence-electron chi connectivity index (χ1n) is 8.30. The average Bonchev–Trinajstić information content (AvgIpc) is 2.51. The fourth-order valence-corrected chi connectivity index (χ4v) is 2.40. The Morgan fingerprint density at radius 2 is 2.09 bits per heavy atom. The van der Waals surface area contributed by atoms with Gasteiger partial charge in [-0.05, 0) is 37.1 Å². The predicted molar refractivity (Wildman–Crippen MR) is 92.2 cm³/mol. The standard InChI is InChI=1S/C18H32N2O2/c1-5-20(10-11-21)14-16-6-7-17(18(12-16)22-4)13-19-9-8-15(2)3/h6-7,12,15,19,21H,5,8-11,13-14H2,1-4H3. The van der Waals surface area contributed by atoms with Gasteiger partial charge in [0.15, 0.2) is 0 Å². The lowest BCUT2D eigenvalue weighted by molar-refractivity contribution is 0.196. The molecule has 126 valence electrons. The maximum Gasteiger partial charge on any atom is 0.123 e. The first-order valence-corrected chi connectivity index (χ1v) is 8.30. The zero-order valence-electron chi connectivity index (χ0n) is 14.6. The number of rotatable bonds is 11. The number of hydrogen-bond donors (Lipinski definition) is 2. The second-order valence-corrected chi connectivity index (χ2v) is 6.10. The molecule has 0 bridgehead atoms. The number of hydrogen-bond acceptors (Lipinski definition) is 4. The zero-order valence-corrected chi connectivity index (χ0v) is 14.6. The van der Waals surface area contributed by atoms with Crippen molar-refractivity contribution in [3.05, 3.63) is 29.3 Å². The van der Waals surface area contributed by atoms with E-state index in [0.29, 0.717) is 6.54 Å². The van der Waals surface area contributed by atoms with Gasteiger partial charge in [-0.3, -0.25) is 4.90 Å². The Morgan fingerprint density at radius 1 is 1.32 bits per heavy atom. The number of benzene rings is 1. The van der Waals surface area contributed by atoms with Crippen LogP contribution in [0.1, 0.15) is 38.3 Å². The summed E-state index contributed by atoms with van der Waals surface area (Å²) >= 11 is 0. The number of nitrogens with zero attached hydrogens (tertiary/aromatic N) is 1. The van der Waals surface area contributed by atoms with E-state index in [0.717, 1.165) is 37.8 Å². The molecule has 0 unspecified atom stereocenters. The van der Waals surface area contributed by atoms with Crippen molar-refractivity contribution in [2.75, 3.05) is 33.4 Å². The summed E-state index contributed by atoms with van der Waals surface area (Å²) in [7, 11) is 1.72. The molecule has 0 saturated heterocycles. The van der Waals surface area contributed by atoms with Crippen molar-refractivity contribution in [1.29, 1.82) is 0 Å². The van der Waals surface area contributed by atoms with Crippen molar-refractivity contribution in [3.8, 4) is 5.75 Å². The molecule has 0 aliphatic rings. The van der Waals surface area contributed by atoms with Crippen LogP contribution in [0.25, 0.3) is 0 Å². The van der Waals surface area contributed by atoms with Gasteiger partial charge >= 0.3 is 0 Å². The van der Waals surface area contributed by atoms with Gasteiger partial charge in [0.2, 0.25) is 0 Å². The summed E-state index contributed by atoms with van der Waals surface area (Å²) in [5.41, 5.74) is 2.42. The summed E-state index contributed by atoms with van der Waals surface area (Å²) in [6.07, 6.45) is 1.19. The number of aliphatic hydroxyl groups is 1. The van der Waals surface area contributed by atoms with Gasteiger partial charge in [0, 0.05) is 25.2 Å². The van der Waals surface area contributed by atoms with Crippen molar-refractivity contribution in [2.45, 2.75) is 40.3 Å². The molecule has 2 N–H and O–H groups in total. The van der Waals surface area contributed by atoms with E-state index in [-0.39, 0.29) is 6.61 Å². The lowest BCUT2D eigenvalue weighted by Gasteiger charge is -2.20. The number of aliphatic hydroxyl groups excluding tert-OH is 1. The maximum atomic E-state index is 9.08. The Kier molecular flexibility index (Phi) is 9.13. The van der Waals surface area contributed by atoms with Crippen molar-refractivity contribution < 1.29 is 9.84 Å². The van der Waals surface area contributed by atoms with Crippen molar-refractivity contribution in [2.24, 2.45) is 5.92 Å². The van der Waals surface area contributed by atoms with E-state index in [1.165, 1.54) is 17.5 Å². The molecule has 0 spiro atoms. The number of nitrogens with one attached hydrogen (secondary N) is 1. The predicted octanol–water partition coefficient (Wildman–Crippen LogP) is 2.65. The Hall–Kier alpha value is -1.10. The third-order valence-corrected chi connectivity index (χ3v) is 3.84. The van der Waals surface area contributed by atoms with Crippen molar-refractivity contribution >= 4 is 0 Å². The van der Waals surface area contributed by atoms with Crippen LogP contribution >= 0.6 is 0 Å². The first-order chi connectivity index (χ1) is 10.6. The minimum absolute atomic E-state index is 0.197. The van der Waals surface area contributed by atoms with Crippen LogP contribution in [0.2, 0.25) is 0 Å². The minimum Gasteiger partial charge on any atom is -0.496 e. The van der Waals surface area contributed by atoms with E-state index in [1.54, 1.807) is 7.11 Å². The van der Waals surface area contributed by atoms with Crippen LogP contribution in [0.15, 0.2) is 18.2 Å². The molecule has 0 aromatic heterocycles. The van der Waals surface area contributed by atoms with Gasteiger partial charge < -0.3 is 15.2 Å².